The molecule has 3 heteroatoms. The van der Waals surface area contributed by atoms with Crippen LogP contribution in [0.15, 0.2) is 36.7 Å². The van der Waals surface area contributed by atoms with Crippen molar-refractivity contribution in [3.63, 3.8) is 0 Å². The maximum Gasteiger partial charge on any atom is 0.139 e. The van der Waals surface area contributed by atoms with E-state index >= 15 is 0 Å². The summed E-state index contributed by atoms with van der Waals surface area (Å²) >= 11 is 0. The summed E-state index contributed by atoms with van der Waals surface area (Å²) in [5, 5.41) is 9.88. The SMILES string of the molecule is Cc1ccc([C@H](O)c2ncc[nH]2)cc1. The third-order valence-corrected chi connectivity index (χ3v) is 2.17. The minimum absolute atomic E-state index is 0.578. The van der Waals surface area contributed by atoms with Gasteiger partial charge in [0, 0.05) is 12.4 Å². The smallest absolute Gasteiger partial charge is 0.139 e. The quantitative estimate of drug-likeness (QED) is 0.755. The molecule has 14 heavy (non-hydrogen) atoms. The minimum Gasteiger partial charge on any atom is -0.380 e. The second-order valence-electron chi connectivity index (χ2n) is 3.29. The van der Waals surface area contributed by atoms with E-state index in [1.807, 2.05) is 31.2 Å². The van der Waals surface area contributed by atoms with Crippen molar-refractivity contribution in [2.75, 3.05) is 0 Å². The normalized spacial score (nSPS) is 12.7. The highest BCUT2D eigenvalue weighted by Gasteiger charge is 2.11. The van der Waals surface area contributed by atoms with Crippen LogP contribution in [0.4, 0.5) is 0 Å². The van der Waals surface area contributed by atoms with Crippen LogP contribution >= 0.6 is 0 Å². The van der Waals surface area contributed by atoms with Gasteiger partial charge in [0.25, 0.3) is 0 Å². The predicted molar refractivity (Wildman–Crippen MR) is 53.8 cm³/mol. The van der Waals surface area contributed by atoms with E-state index in [2.05, 4.69) is 9.97 Å². The van der Waals surface area contributed by atoms with E-state index in [0.29, 0.717) is 5.82 Å². The largest absolute Gasteiger partial charge is 0.380 e. The first kappa shape index (κ1) is 8.97. The second-order valence-corrected chi connectivity index (χ2v) is 3.29. The molecule has 72 valence electrons. The average molecular weight is 188 g/mol. The number of benzene rings is 1. The van der Waals surface area contributed by atoms with Crippen molar-refractivity contribution in [3.05, 3.63) is 53.6 Å². The molecular formula is C11H12N2O. The average Bonchev–Trinajstić information content (AvgIpc) is 2.71. The first-order valence-electron chi connectivity index (χ1n) is 4.51. The Labute approximate surface area is 82.4 Å². The zero-order valence-electron chi connectivity index (χ0n) is 7.94. The van der Waals surface area contributed by atoms with Gasteiger partial charge in [-0.2, -0.15) is 0 Å². The third kappa shape index (κ3) is 1.67. The Bertz CT molecular complexity index is 392. The van der Waals surface area contributed by atoms with Crippen LogP contribution in [-0.2, 0) is 0 Å². The van der Waals surface area contributed by atoms with Crippen LogP contribution in [-0.4, -0.2) is 15.1 Å². The zero-order chi connectivity index (χ0) is 9.97. The summed E-state index contributed by atoms with van der Waals surface area (Å²) in [6.07, 6.45) is 2.67. The molecule has 1 heterocycles. The van der Waals surface area contributed by atoms with Gasteiger partial charge in [0.1, 0.15) is 11.9 Å². The molecule has 2 N–H and O–H groups in total. The fraction of sp³-hybridized carbons (Fsp3) is 0.182. The van der Waals surface area contributed by atoms with E-state index in [9.17, 15) is 5.11 Å². The summed E-state index contributed by atoms with van der Waals surface area (Å²) in [4.78, 5) is 6.90. The molecule has 0 aliphatic rings. The van der Waals surface area contributed by atoms with Gasteiger partial charge in [-0.15, -0.1) is 0 Å². The Morgan fingerprint density at radius 1 is 1.29 bits per heavy atom. The van der Waals surface area contributed by atoms with Gasteiger partial charge >= 0.3 is 0 Å². The van der Waals surface area contributed by atoms with Gasteiger partial charge in [-0.3, -0.25) is 0 Å². The van der Waals surface area contributed by atoms with Gasteiger partial charge in [0.2, 0.25) is 0 Å². The number of aromatic nitrogens is 2. The van der Waals surface area contributed by atoms with Gasteiger partial charge in [-0.05, 0) is 12.5 Å². The van der Waals surface area contributed by atoms with Crippen LogP contribution in [0.1, 0.15) is 23.1 Å². The number of rotatable bonds is 2. The number of hydrogen-bond donors (Lipinski definition) is 2. The Kier molecular flexibility index (Phi) is 2.33. The molecule has 0 saturated heterocycles. The molecule has 0 saturated carbocycles. The number of aryl methyl sites for hydroxylation is 1. The van der Waals surface area contributed by atoms with Crippen molar-refractivity contribution >= 4 is 0 Å². The number of nitrogens with one attached hydrogen (secondary N) is 1. The van der Waals surface area contributed by atoms with Crippen molar-refractivity contribution in [1.29, 1.82) is 0 Å². The molecule has 0 amide bonds. The highest BCUT2D eigenvalue weighted by atomic mass is 16.3. The standard InChI is InChI=1S/C11H12N2O/c1-8-2-4-9(5-3-8)10(14)11-12-6-7-13-11/h2-7,10,14H,1H3,(H,12,13)/t10-/m0/s1. The Morgan fingerprint density at radius 2 is 2.00 bits per heavy atom. The van der Waals surface area contributed by atoms with Crippen LogP contribution in [0, 0.1) is 6.92 Å². The topological polar surface area (TPSA) is 48.9 Å². The maximum atomic E-state index is 9.88. The number of imidazole rings is 1. The highest BCUT2D eigenvalue weighted by molar-refractivity contribution is 5.26. The van der Waals surface area contributed by atoms with Gasteiger partial charge in [-0.1, -0.05) is 29.8 Å². The van der Waals surface area contributed by atoms with Crippen molar-refractivity contribution in [2.24, 2.45) is 0 Å². The van der Waals surface area contributed by atoms with E-state index in [1.165, 1.54) is 5.56 Å². The maximum absolute atomic E-state index is 9.88. The first-order valence-corrected chi connectivity index (χ1v) is 4.51. The molecule has 0 bridgehead atoms. The van der Waals surface area contributed by atoms with Crippen molar-refractivity contribution in [1.82, 2.24) is 9.97 Å². The first-order chi connectivity index (χ1) is 6.77. The number of aromatic amines is 1. The lowest BCUT2D eigenvalue weighted by Gasteiger charge is -2.07. The third-order valence-electron chi connectivity index (χ3n) is 2.17. The Morgan fingerprint density at radius 3 is 2.57 bits per heavy atom. The lowest BCUT2D eigenvalue weighted by Crippen LogP contribution is -2.01. The fourth-order valence-corrected chi connectivity index (χ4v) is 1.33. The Balaban J connectivity index is 2.28. The van der Waals surface area contributed by atoms with Crippen LogP contribution in [0.5, 0.6) is 0 Å². The van der Waals surface area contributed by atoms with E-state index in [4.69, 9.17) is 0 Å². The monoisotopic (exact) mass is 188 g/mol. The summed E-state index contributed by atoms with van der Waals surface area (Å²) in [6, 6.07) is 7.76. The van der Waals surface area contributed by atoms with Gasteiger partial charge in [-0.25, -0.2) is 4.98 Å². The summed E-state index contributed by atoms with van der Waals surface area (Å²) in [5.41, 5.74) is 2.03. The summed E-state index contributed by atoms with van der Waals surface area (Å²) in [6.45, 7) is 2.02. The molecule has 0 radical (unpaired) electrons. The van der Waals surface area contributed by atoms with Gasteiger partial charge in [0.05, 0.1) is 0 Å². The van der Waals surface area contributed by atoms with Crippen molar-refractivity contribution < 1.29 is 5.11 Å². The van der Waals surface area contributed by atoms with Crippen LogP contribution in [0.2, 0.25) is 0 Å². The molecule has 0 fully saturated rings. The van der Waals surface area contributed by atoms with E-state index in [0.717, 1.165) is 5.56 Å². The van der Waals surface area contributed by atoms with Crippen LogP contribution < -0.4 is 0 Å². The van der Waals surface area contributed by atoms with Gasteiger partial charge in [0.15, 0.2) is 0 Å². The number of H-pyrrole nitrogens is 1. The lowest BCUT2D eigenvalue weighted by molar-refractivity contribution is 0.211. The fourth-order valence-electron chi connectivity index (χ4n) is 1.33. The summed E-state index contributed by atoms with van der Waals surface area (Å²) in [7, 11) is 0. The molecule has 2 aromatic rings. The molecule has 3 nitrogen and oxygen atoms in total. The summed E-state index contributed by atoms with van der Waals surface area (Å²) < 4.78 is 0. The number of nitrogens with zero attached hydrogens (tertiary/aromatic N) is 1. The van der Waals surface area contributed by atoms with Crippen LogP contribution in [0.25, 0.3) is 0 Å². The molecule has 2 rings (SSSR count). The molecule has 1 aromatic carbocycles. The molecule has 0 spiro atoms. The van der Waals surface area contributed by atoms with Gasteiger partial charge < -0.3 is 10.1 Å². The molecule has 1 aromatic heterocycles. The Hall–Kier alpha value is -1.61. The lowest BCUT2D eigenvalue weighted by atomic mass is 10.1. The molecule has 0 aliphatic heterocycles. The van der Waals surface area contributed by atoms with E-state index in [1.54, 1.807) is 12.4 Å². The molecular weight excluding hydrogens is 176 g/mol. The molecule has 0 unspecified atom stereocenters. The van der Waals surface area contributed by atoms with E-state index in [-0.39, 0.29) is 0 Å². The summed E-state index contributed by atoms with van der Waals surface area (Å²) in [5.74, 6) is 0.578. The minimum atomic E-state index is -0.661. The zero-order valence-corrected chi connectivity index (χ0v) is 7.94. The molecule has 0 aliphatic carbocycles. The van der Waals surface area contributed by atoms with Crippen molar-refractivity contribution in [2.45, 2.75) is 13.0 Å². The van der Waals surface area contributed by atoms with E-state index < -0.39 is 6.10 Å². The van der Waals surface area contributed by atoms with Crippen molar-refractivity contribution in [3.8, 4) is 0 Å². The highest BCUT2D eigenvalue weighted by Crippen LogP contribution is 2.18. The number of aliphatic hydroxyl groups excluding tert-OH is 1. The number of aliphatic hydroxyl groups is 1. The number of hydrogen-bond acceptors (Lipinski definition) is 2. The molecule has 1 atom stereocenters. The predicted octanol–water partition coefficient (Wildman–Crippen LogP) is 1.80. The second kappa shape index (κ2) is 3.64. The van der Waals surface area contributed by atoms with Crippen LogP contribution in [0.3, 0.4) is 0 Å².